The highest BCUT2D eigenvalue weighted by molar-refractivity contribution is 7.89. The predicted molar refractivity (Wildman–Crippen MR) is 142 cm³/mol. The molecule has 39 heavy (non-hydrogen) atoms. The number of hydrogen-bond donors (Lipinski definition) is 2. The Labute approximate surface area is 225 Å². The van der Waals surface area contributed by atoms with E-state index in [2.05, 4.69) is 19.6 Å². The summed E-state index contributed by atoms with van der Waals surface area (Å²) in [4.78, 5) is 37.5. The number of hydrogen-bond acceptors (Lipinski definition) is 9. The van der Waals surface area contributed by atoms with Crippen LogP contribution in [-0.4, -0.2) is 74.0 Å². The summed E-state index contributed by atoms with van der Waals surface area (Å²) >= 11 is 0. The molecule has 2 fully saturated rings. The zero-order valence-electron chi connectivity index (χ0n) is 21.3. The summed E-state index contributed by atoms with van der Waals surface area (Å²) in [7, 11) is -2.88. The number of halogens is 1. The van der Waals surface area contributed by atoms with Crippen molar-refractivity contribution in [1.82, 2.24) is 19.6 Å². The lowest BCUT2D eigenvalue weighted by atomic mass is 10.0. The third-order valence-corrected chi connectivity index (χ3v) is 8.71. The maximum Gasteiger partial charge on any atom is 0.328 e. The standard InChI is InChI=1S/C26H29FN6O5S/c1-38-26(35)21(14-16-4-6-19-18(23(16)27)8-10-29-24(19)28)33-13-9-20(25(33)34)31-39(36,37)17-5-7-22(30-15-17)32-11-2-3-12-32/h4-8,10,15,20-21,31H,2-3,9,11-14H2,1H3,(H2,28,29). The zero-order chi connectivity index (χ0) is 27.7. The topological polar surface area (TPSA) is 148 Å². The molecule has 13 heteroatoms. The average Bonchev–Trinajstić information content (AvgIpc) is 3.59. The third-order valence-electron chi connectivity index (χ3n) is 7.25. The molecule has 2 unspecified atom stereocenters. The molecule has 3 N–H and O–H groups in total. The monoisotopic (exact) mass is 556 g/mol. The van der Waals surface area contributed by atoms with E-state index in [1.54, 1.807) is 12.1 Å². The van der Waals surface area contributed by atoms with Gasteiger partial charge in [0.2, 0.25) is 15.9 Å². The molecule has 1 amide bonds. The van der Waals surface area contributed by atoms with Gasteiger partial charge in [-0.15, -0.1) is 0 Å². The molecular formula is C26H29FN6O5S. The fourth-order valence-electron chi connectivity index (χ4n) is 5.15. The van der Waals surface area contributed by atoms with Crippen molar-refractivity contribution in [2.24, 2.45) is 0 Å². The maximum absolute atomic E-state index is 15.3. The van der Waals surface area contributed by atoms with Gasteiger partial charge in [0.1, 0.15) is 34.4 Å². The van der Waals surface area contributed by atoms with E-state index in [1.165, 1.54) is 42.6 Å². The molecule has 0 saturated carbocycles. The summed E-state index contributed by atoms with van der Waals surface area (Å²) in [6, 6.07) is 5.45. The summed E-state index contributed by atoms with van der Waals surface area (Å²) in [5.41, 5.74) is 6.03. The van der Waals surface area contributed by atoms with Crippen LogP contribution in [0.5, 0.6) is 0 Å². The molecule has 2 aromatic heterocycles. The highest BCUT2D eigenvalue weighted by Gasteiger charge is 2.41. The number of likely N-dealkylation sites (tertiary alicyclic amines) is 1. The van der Waals surface area contributed by atoms with Gasteiger partial charge < -0.3 is 20.3 Å². The quantitative estimate of drug-likeness (QED) is 0.395. The molecule has 11 nitrogen and oxygen atoms in total. The lowest BCUT2D eigenvalue weighted by molar-refractivity contribution is -0.151. The van der Waals surface area contributed by atoms with Gasteiger partial charge in [-0.2, -0.15) is 4.72 Å². The average molecular weight is 557 g/mol. The van der Waals surface area contributed by atoms with Gasteiger partial charge in [0.05, 0.1) is 7.11 Å². The van der Waals surface area contributed by atoms with Crippen LogP contribution in [0, 0.1) is 5.82 Å². The number of sulfonamides is 1. The van der Waals surface area contributed by atoms with Crippen LogP contribution in [0.25, 0.3) is 10.8 Å². The lowest BCUT2D eigenvalue weighted by Gasteiger charge is -2.26. The Balaban J connectivity index is 1.33. The lowest BCUT2D eigenvalue weighted by Crippen LogP contribution is -2.48. The number of aromatic nitrogens is 2. The first-order chi connectivity index (χ1) is 18.7. The van der Waals surface area contributed by atoms with Gasteiger partial charge >= 0.3 is 5.97 Å². The van der Waals surface area contributed by atoms with Crippen LogP contribution in [0.1, 0.15) is 24.8 Å². The van der Waals surface area contributed by atoms with E-state index in [-0.39, 0.29) is 41.0 Å². The fraction of sp³-hybridized carbons (Fsp3) is 0.385. The van der Waals surface area contributed by atoms with E-state index in [0.717, 1.165) is 25.9 Å². The molecule has 3 aromatic rings. The second kappa shape index (κ2) is 10.7. The number of amides is 1. The summed E-state index contributed by atoms with van der Waals surface area (Å²) in [5, 5.41) is 0.675. The second-order valence-corrected chi connectivity index (χ2v) is 11.3. The number of methoxy groups -OCH3 is 1. The first-order valence-corrected chi connectivity index (χ1v) is 14.1. The third kappa shape index (κ3) is 5.23. The van der Waals surface area contributed by atoms with E-state index in [9.17, 15) is 18.0 Å². The van der Waals surface area contributed by atoms with Crippen molar-refractivity contribution in [3.63, 3.8) is 0 Å². The van der Waals surface area contributed by atoms with Crippen molar-refractivity contribution < 1.29 is 27.1 Å². The second-order valence-electron chi connectivity index (χ2n) is 9.61. The number of esters is 1. The minimum atomic E-state index is -4.06. The number of nitrogens with two attached hydrogens (primary N) is 1. The Morgan fingerprint density at radius 1 is 1.15 bits per heavy atom. The fourth-order valence-corrected chi connectivity index (χ4v) is 6.32. The number of ether oxygens (including phenoxy) is 1. The molecule has 2 aliphatic heterocycles. The molecular weight excluding hydrogens is 527 g/mol. The number of nitrogen functional groups attached to an aromatic ring is 1. The minimum absolute atomic E-state index is 0.0618. The van der Waals surface area contributed by atoms with E-state index >= 15 is 4.39 Å². The van der Waals surface area contributed by atoms with Crippen LogP contribution in [-0.2, 0) is 30.8 Å². The van der Waals surface area contributed by atoms with Gasteiger partial charge in [-0.3, -0.25) is 4.79 Å². The van der Waals surface area contributed by atoms with Gasteiger partial charge in [-0.25, -0.2) is 27.6 Å². The van der Waals surface area contributed by atoms with E-state index < -0.39 is 39.8 Å². The van der Waals surface area contributed by atoms with Crippen LogP contribution in [0.2, 0.25) is 0 Å². The first kappa shape index (κ1) is 26.8. The van der Waals surface area contributed by atoms with Crippen molar-refractivity contribution in [3.8, 4) is 0 Å². The number of benzene rings is 1. The van der Waals surface area contributed by atoms with E-state index in [1.807, 2.05) is 0 Å². The number of anilines is 2. The predicted octanol–water partition coefficient (Wildman–Crippen LogP) is 1.61. The molecule has 2 saturated heterocycles. The Morgan fingerprint density at radius 3 is 2.62 bits per heavy atom. The smallest absolute Gasteiger partial charge is 0.328 e. The largest absolute Gasteiger partial charge is 0.467 e. The molecule has 5 rings (SSSR count). The van der Waals surface area contributed by atoms with Crippen molar-refractivity contribution in [2.45, 2.75) is 42.7 Å². The summed E-state index contributed by atoms with van der Waals surface area (Å²) in [5.74, 6) is -1.03. The number of rotatable bonds is 8. The normalized spacial score (nSPS) is 18.6. The summed E-state index contributed by atoms with van der Waals surface area (Å²) in [6.07, 6.45) is 4.76. The highest BCUT2D eigenvalue weighted by atomic mass is 32.2. The van der Waals surface area contributed by atoms with Crippen LogP contribution < -0.4 is 15.4 Å². The van der Waals surface area contributed by atoms with Crippen molar-refractivity contribution in [1.29, 1.82) is 0 Å². The summed E-state index contributed by atoms with van der Waals surface area (Å²) < 4.78 is 48.7. The summed E-state index contributed by atoms with van der Waals surface area (Å²) in [6.45, 7) is 1.84. The molecule has 2 atom stereocenters. The highest BCUT2D eigenvalue weighted by Crippen LogP contribution is 2.27. The minimum Gasteiger partial charge on any atom is -0.467 e. The Bertz CT molecular complexity index is 1510. The molecule has 0 spiro atoms. The number of nitrogens with one attached hydrogen (secondary N) is 1. The molecule has 4 heterocycles. The van der Waals surface area contributed by atoms with Gasteiger partial charge in [0.15, 0.2) is 0 Å². The molecule has 1 aromatic carbocycles. The van der Waals surface area contributed by atoms with Crippen molar-refractivity contribution >= 4 is 44.3 Å². The molecule has 0 radical (unpaired) electrons. The molecule has 0 aliphatic carbocycles. The SMILES string of the molecule is COC(=O)C(Cc1ccc2c(N)nccc2c1F)N1CCC(NS(=O)(=O)c2ccc(N3CCCC3)nc2)C1=O. The van der Waals surface area contributed by atoms with Crippen LogP contribution in [0.4, 0.5) is 16.0 Å². The van der Waals surface area contributed by atoms with Crippen LogP contribution in [0.3, 0.4) is 0 Å². The van der Waals surface area contributed by atoms with Gasteiger partial charge in [0, 0.05) is 49.2 Å². The van der Waals surface area contributed by atoms with Crippen LogP contribution >= 0.6 is 0 Å². The molecule has 206 valence electrons. The molecule has 2 aliphatic rings. The number of fused-ring (bicyclic) bond motifs is 1. The maximum atomic E-state index is 15.3. The Hall–Kier alpha value is -3.84. The van der Waals surface area contributed by atoms with Gasteiger partial charge in [-0.05, 0) is 43.0 Å². The Morgan fingerprint density at radius 2 is 1.92 bits per heavy atom. The van der Waals surface area contributed by atoms with Gasteiger partial charge in [-0.1, -0.05) is 12.1 Å². The van der Waals surface area contributed by atoms with Crippen LogP contribution in [0.15, 0.2) is 47.6 Å². The number of carbonyl (C=O) groups excluding carboxylic acids is 2. The van der Waals surface area contributed by atoms with E-state index in [4.69, 9.17) is 10.5 Å². The number of nitrogens with zero attached hydrogens (tertiary/aromatic N) is 4. The van der Waals surface area contributed by atoms with Gasteiger partial charge in [0.25, 0.3) is 0 Å². The number of carbonyl (C=O) groups is 2. The first-order valence-electron chi connectivity index (χ1n) is 12.6. The molecule has 0 bridgehead atoms. The van der Waals surface area contributed by atoms with Crippen molar-refractivity contribution in [3.05, 3.63) is 54.1 Å². The Kier molecular flexibility index (Phi) is 7.36. The van der Waals surface area contributed by atoms with E-state index in [0.29, 0.717) is 11.2 Å². The van der Waals surface area contributed by atoms with Crippen molar-refractivity contribution in [2.75, 3.05) is 37.4 Å². The zero-order valence-corrected chi connectivity index (χ0v) is 22.2. The number of pyridine rings is 2.